The Balaban J connectivity index is 2.84. The largest absolute Gasteiger partial charge is 0.256 e. The molecule has 0 saturated carbocycles. The lowest BCUT2D eigenvalue weighted by atomic mass is 10.2. The summed E-state index contributed by atoms with van der Waals surface area (Å²) in [4.78, 5) is 3.82. The van der Waals surface area contributed by atoms with Crippen LogP contribution in [0.4, 0.5) is 8.78 Å². The lowest BCUT2D eigenvalue weighted by Crippen LogP contribution is -1.85. The molecule has 2 aromatic rings. The van der Waals surface area contributed by atoms with E-state index in [-0.39, 0.29) is 0 Å². The van der Waals surface area contributed by atoms with E-state index in [0.29, 0.717) is 10.9 Å². The molecule has 0 aliphatic carbocycles. The summed E-state index contributed by atoms with van der Waals surface area (Å²) in [6, 6.07) is 6.42. The third-order valence-corrected chi connectivity index (χ3v) is 1.59. The molecule has 1 aromatic carbocycles. The van der Waals surface area contributed by atoms with Crippen molar-refractivity contribution in [1.82, 2.24) is 4.98 Å². The maximum atomic E-state index is 12.6. The Morgan fingerprint density at radius 3 is 2.75 bits per heavy atom. The quantitative estimate of drug-likeness (QED) is 0.582. The highest BCUT2D eigenvalue weighted by molar-refractivity contribution is 5.78. The van der Waals surface area contributed by atoms with Gasteiger partial charge in [-0.2, -0.15) is 0 Å². The fourth-order valence-corrected chi connectivity index (χ4v) is 1.01. The van der Waals surface area contributed by atoms with Gasteiger partial charge in [0.25, 0.3) is 0 Å². The van der Waals surface area contributed by atoms with Gasteiger partial charge in [-0.25, -0.2) is 8.78 Å². The highest BCUT2D eigenvalue weighted by atomic mass is 19.2. The standard InChI is InChI=1S/C9H4F2N/c10-7-4-6-2-1-3-12-9(6)5-8(7)11/h2-5H. The van der Waals surface area contributed by atoms with Gasteiger partial charge in [0.1, 0.15) is 0 Å². The zero-order valence-electron chi connectivity index (χ0n) is 6.01. The molecule has 0 atom stereocenters. The first-order valence-electron chi connectivity index (χ1n) is 3.38. The molecule has 59 valence electrons. The molecule has 1 radical (unpaired) electrons. The third kappa shape index (κ3) is 1.03. The van der Waals surface area contributed by atoms with Crippen LogP contribution in [0.25, 0.3) is 10.9 Å². The van der Waals surface area contributed by atoms with E-state index in [1.54, 1.807) is 6.07 Å². The number of pyridine rings is 1. The fraction of sp³-hybridized carbons (Fsp3) is 0. The van der Waals surface area contributed by atoms with Crippen molar-refractivity contribution in [2.75, 3.05) is 0 Å². The van der Waals surface area contributed by atoms with E-state index in [0.717, 1.165) is 12.1 Å². The van der Waals surface area contributed by atoms with Gasteiger partial charge in [-0.15, -0.1) is 0 Å². The van der Waals surface area contributed by atoms with Crippen LogP contribution in [0, 0.1) is 17.7 Å². The van der Waals surface area contributed by atoms with Gasteiger partial charge in [0.15, 0.2) is 11.6 Å². The highest BCUT2D eigenvalue weighted by Crippen LogP contribution is 2.15. The minimum Gasteiger partial charge on any atom is -0.256 e. The van der Waals surface area contributed by atoms with Crippen molar-refractivity contribution in [1.29, 1.82) is 0 Å². The van der Waals surface area contributed by atoms with Crippen LogP contribution in [0.1, 0.15) is 0 Å². The summed E-state index contributed by atoms with van der Waals surface area (Å²) in [5, 5.41) is 0.552. The molecule has 0 aliphatic heterocycles. The molecule has 2 rings (SSSR count). The van der Waals surface area contributed by atoms with Gasteiger partial charge in [-0.3, -0.25) is 4.98 Å². The van der Waals surface area contributed by atoms with Gasteiger partial charge in [-0.1, -0.05) is 0 Å². The lowest BCUT2D eigenvalue weighted by molar-refractivity contribution is 0.510. The van der Waals surface area contributed by atoms with Crippen molar-refractivity contribution in [3.05, 3.63) is 42.1 Å². The molecular formula is C9H4F2N. The number of nitrogens with zero attached hydrogens (tertiary/aromatic N) is 1. The van der Waals surface area contributed by atoms with Gasteiger partial charge in [0.05, 0.1) is 5.52 Å². The van der Waals surface area contributed by atoms with Crippen LogP contribution in [0.2, 0.25) is 0 Å². The van der Waals surface area contributed by atoms with Crippen molar-refractivity contribution in [2.45, 2.75) is 0 Å². The van der Waals surface area contributed by atoms with E-state index in [1.807, 2.05) is 0 Å². The molecule has 1 aromatic heterocycles. The molecule has 0 N–H and O–H groups in total. The maximum Gasteiger partial charge on any atom is 0.161 e. The van der Waals surface area contributed by atoms with Crippen LogP contribution in [0.15, 0.2) is 24.4 Å². The Bertz CT molecular complexity index is 385. The smallest absolute Gasteiger partial charge is 0.161 e. The highest BCUT2D eigenvalue weighted by Gasteiger charge is 2.02. The van der Waals surface area contributed by atoms with Gasteiger partial charge in [-0.05, 0) is 12.1 Å². The monoisotopic (exact) mass is 164 g/mol. The average Bonchev–Trinajstić information content (AvgIpc) is 2.07. The van der Waals surface area contributed by atoms with Crippen LogP contribution in [-0.4, -0.2) is 4.98 Å². The summed E-state index contributed by atoms with van der Waals surface area (Å²) in [6.45, 7) is 0. The zero-order chi connectivity index (χ0) is 8.55. The van der Waals surface area contributed by atoms with Crippen molar-refractivity contribution < 1.29 is 8.78 Å². The minimum atomic E-state index is -0.874. The Labute approximate surface area is 67.7 Å². The van der Waals surface area contributed by atoms with Crippen LogP contribution in [0.5, 0.6) is 0 Å². The maximum absolute atomic E-state index is 12.6. The number of rotatable bonds is 0. The predicted molar refractivity (Wildman–Crippen MR) is 40.5 cm³/mol. The number of fused-ring (bicyclic) bond motifs is 1. The van der Waals surface area contributed by atoms with Crippen molar-refractivity contribution in [3.63, 3.8) is 0 Å². The normalized spacial score (nSPS) is 10.5. The van der Waals surface area contributed by atoms with Crippen molar-refractivity contribution >= 4 is 10.9 Å². The van der Waals surface area contributed by atoms with Gasteiger partial charge >= 0.3 is 0 Å². The first-order chi connectivity index (χ1) is 5.77. The van der Waals surface area contributed by atoms with E-state index in [1.165, 1.54) is 6.20 Å². The van der Waals surface area contributed by atoms with Crippen LogP contribution < -0.4 is 0 Å². The molecule has 3 heteroatoms. The van der Waals surface area contributed by atoms with Crippen LogP contribution in [-0.2, 0) is 0 Å². The second kappa shape index (κ2) is 2.52. The van der Waals surface area contributed by atoms with E-state index in [2.05, 4.69) is 11.1 Å². The van der Waals surface area contributed by atoms with Crippen LogP contribution in [0.3, 0.4) is 0 Å². The first-order valence-corrected chi connectivity index (χ1v) is 3.38. The summed E-state index contributed by atoms with van der Waals surface area (Å²) in [6.07, 6.45) is 1.42. The molecule has 0 fully saturated rings. The molecule has 1 heterocycles. The summed E-state index contributed by atoms with van der Waals surface area (Å²) >= 11 is 0. The molecule has 0 bridgehead atoms. The second-order valence-corrected chi connectivity index (χ2v) is 2.39. The lowest BCUT2D eigenvalue weighted by Gasteiger charge is -1.96. The van der Waals surface area contributed by atoms with Crippen molar-refractivity contribution in [2.24, 2.45) is 0 Å². The second-order valence-electron chi connectivity index (χ2n) is 2.39. The Hall–Kier alpha value is -1.51. The predicted octanol–water partition coefficient (Wildman–Crippen LogP) is 2.31. The van der Waals surface area contributed by atoms with E-state index in [4.69, 9.17) is 0 Å². The fourth-order valence-electron chi connectivity index (χ4n) is 1.01. The number of halogens is 2. The molecule has 0 saturated heterocycles. The average molecular weight is 164 g/mol. The number of benzene rings is 1. The van der Waals surface area contributed by atoms with Gasteiger partial charge in [0.2, 0.25) is 0 Å². The Morgan fingerprint density at radius 2 is 1.92 bits per heavy atom. The van der Waals surface area contributed by atoms with E-state index in [9.17, 15) is 8.78 Å². The van der Waals surface area contributed by atoms with E-state index >= 15 is 0 Å². The number of aromatic nitrogens is 1. The van der Waals surface area contributed by atoms with Gasteiger partial charge in [0, 0.05) is 23.7 Å². The summed E-state index contributed by atoms with van der Waals surface area (Å²) in [7, 11) is 0. The summed E-state index contributed by atoms with van der Waals surface area (Å²) < 4.78 is 25.3. The number of hydrogen-bond donors (Lipinski definition) is 0. The first kappa shape index (κ1) is 7.16. The zero-order valence-corrected chi connectivity index (χ0v) is 6.01. The molecule has 1 nitrogen and oxygen atoms in total. The molecule has 0 spiro atoms. The summed E-state index contributed by atoms with van der Waals surface area (Å²) in [5.41, 5.74) is 0.438. The topological polar surface area (TPSA) is 12.9 Å². The van der Waals surface area contributed by atoms with E-state index < -0.39 is 11.6 Å². The minimum absolute atomic E-state index is 0.438. The Kier molecular flexibility index (Phi) is 1.50. The molecule has 0 amide bonds. The number of hydrogen-bond acceptors (Lipinski definition) is 1. The molecule has 0 unspecified atom stereocenters. The van der Waals surface area contributed by atoms with Crippen molar-refractivity contribution in [3.8, 4) is 0 Å². The molecular weight excluding hydrogens is 160 g/mol. The van der Waals surface area contributed by atoms with Crippen LogP contribution >= 0.6 is 0 Å². The third-order valence-electron chi connectivity index (χ3n) is 1.59. The molecule has 12 heavy (non-hydrogen) atoms. The Morgan fingerprint density at radius 1 is 1.17 bits per heavy atom. The SMILES string of the molecule is Fc1cc2c[c]cnc2cc1F. The molecule has 0 aliphatic rings. The summed E-state index contributed by atoms with van der Waals surface area (Å²) in [5.74, 6) is -1.73. The van der Waals surface area contributed by atoms with Gasteiger partial charge < -0.3 is 0 Å².